The first-order valence-electron chi connectivity index (χ1n) is 6.47. The molecule has 1 aliphatic heterocycles. The summed E-state index contributed by atoms with van der Waals surface area (Å²) < 4.78 is 5.74. The Labute approximate surface area is 116 Å². The number of hydrazine groups is 1. The van der Waals surface area contributed by atoms with Crippen molar-refractivity contribution in [2.45, 2.75) is 13.3 Å². The minimum Gasteiger partial charge on any atom is -0.493 e. The number of hydrogen-bond acceptors (Lipinski definition) is 6. The Bertz CT molecular complexity index is 744. The van der Waals surface area contributed by atoms with Crippen LogP contribution in [0, 0.1) is 0 Å². The standard InChI is InChI=1S/C14H15N5O/c1-3-8-20-11-7-5-4-6-10(11)13-15-9(2)12-14(16-13)18-19-17-12/h4-7H,2-3,8H2,1H3,(H2,15,16,17,18,19). The topological polar surface area (TPSA) is 71.4 Å². The SMILES string of the molecule is C=c1nc(-c2ccccc2OCCC)nc2c1=NNN2. The van der Waals surface area contributed by atoms with E-state index < -0.39 is 0 Å². The lowest BCUT2D eigenvalue weighted by molar-refractivity contribution is 0.318. The molecule has 6 nitrogen and oxygen atoms in total. The fraction of sp³-hybridized carbons (Fsp3) is 0.214. The molecule has 0 unspecified atom stereocenters. The molecule has 1 aliphatic rings. The summed E-state index contributed by atoms with van der Waals surface area (Å²) in [4.78, 5) is 8.86. The lowest BCUT2D eigenvalue weighted by atomic mass is 10.2. The van der Waals surface area contributed by atoms with Crippen molar-refractivity contribution in [1.29, 1.82) is 0 Å². The fourth-order valence-corrected chi connectivity index (χ4v) is 1.95. The lowest BCUT2D eigenvalue weighted by Gasteiger charge is -2.10. The van der Waals surface area contributed by atoms with Crippen molar-refractivity contribution in [3.05, 3.63) is 35.0 Å². The molecule has 0 saturated heterocycles. The zero-order valence-corrected chi connectivity index (χ0v) is 11.2. The highest BCUT2D eigenvalue weighted by Crippen LogP contribution is 2.26. The van der Waals surface area contributed by atoms with E-state index in [0.29, 0.717) is 29.0 Å². The number of nitrogens with zero attached hydrogens (tertiary/aromatic N) is 3. The molecule has 0 atom stereocenters. The fourth-order valence-electron chi connectivity index (χ4n) is 1.95. The summed E-state index contributed by atoms with van der Waals surface area (Å²) in [6.45, 7) is 6.63. The quantitative estimate of drug-likeness (QED) is 0.859. The van der Waals surface area contributed by atoms with Crippen molar-refractivity contribution >= 4 is 12.4 Å². The van der Waals surface area contributed by atoms with Gasteiger partial charge in [-0.05, 0) is 18.6 Å². The summed E-state index contributed by atoms with van der Waals surface area (Å²) in [6.07, 6.45) is 0.949. The van der Waals surface area contributed by atoms with Crippen LogP contribution in [0.1, 0.15) is 13.3 Å². The summed E-state index contributed by atoms with van der Waals surface area (Å²) in [5, 5.41) is 5.24. The molecule has 1 aromatic heterocycles. The van der Waals surface area contributed by atoms with E-state index in [0.717, 1.165) is 17.7 Å². The van der Waals surface area contributed by atoms with Crippen molar-refractivity contribution in [3.8, 4) is 17.1 Å². The van der Waals surface area contributed by atoms with Gasteiger partial charge in [0.15, 0.2) is 17.0 Å². The third-order valence-corrected chi connectivity index (χ3v) is 2.89. The van der Waals surface area contributed by atoms with Crippen LogP contribution in [0.4, 0.5) is 5.82 Å². The van der Waals surface area contributed by atoms with E-state index in [9.17, 15) is 0 Å². The summed E-state index contributed by atoms with van der Waals surface area (Å²) in [5.74, 6) is 1.98. The second kappa shape index (κ2) is 5.16. The number of fused-ring (bicyclic) bond motifs is 1. The van der Waals surface area contributed by atoms with Crippen LogP contribution >= 0.6 is 0 Å². The second-order valence-corrected chi connectivity index (χ2v) is 4.38. The predicted octanol–water partition coefficient (Wildman–Crippen LogP) is 0.807. The second-order valence-electron chi connectivity index (χ2n) is 4.38. The summed E-state index contributed by atoms with van der Waals surface area (Å²) >= 11 is 0. The Morgan fingerprint density at radius 2 is 2.10 bits per heavy atom. The first-order valence-corrected chi connectivity index (χ1v) is 6.47. The third kappa shape index (κ3) is 2.16. The molecule has 0 amide bonds. The van der Waals surface area contributed by atoms with Gasteiger partial charge in [0.2, 0.25) is 0 Å². The van der Waals surface area contributed by atoms with Crippen LogP contribution in [-0.4, -0.2) is 16.6 Å². The average molecular weight is 269 g/mol. The zero-order chi connectivity index (χ0) is 13.9. The zero-order valence-electron chi connectivity index (χ0n) is 11.2. The van der Waals surface area contributed by atoms with Crippen LogP contribution in [0.3, 0.4) is 0 Å². The molecule has 0 saturated carbocycles. The first kappa shape index (κ1) is 12.4. The predicted molar refractivity (Wildman–Crippen MR) is 76.3 cm³/mol. The van der Waals surface area contributed by atoms with E-state index in [-0.39, 0.29) is 0 Å². The minimum atomic E-state index is 0.576. The number of aromatic nitrogens is 2. The van der Waals surface area contributed by atoms with Gasteiger partial charge in [-0.15, -0.1) is 0 Å². The van der Waals surface area contributed by atoms with Gasteiger partial charge >= 0.3 is 0 Å². The van der Waals surface area contributed by atoms with Crippen LogP contribution in [-0.2, 0) is 0 Å². The number of nitrogens with one attached hydrogen (secondary N) is 2. The third-order valence-electron chi connectivity index (χ3n) is 2.89. The Morgan fingerprint density at radius 3 is 2.95 bits per heavy atom. The molecule has 0 spiro atoms. The Kier molecular flexibility index (Phi) is 3.20. The van der Waals surface area contributed by atoms with E-state index >= 15 is 0 Å². The minimum absolute atomic E-state index is 0.576. The van der Waals surface area contributed by atoms with E-state index in [4.69, 9.17) is 4.74 Å². The monoisotopic (exact) mass is 269 g/mol. The molecule has 6 heteroatoms. The molecule has 2 aromatic rings. The van der Waals surface area contributed by atoms with Crippen molar-refractivity contribution in [3.63, 3.8) is 0 Å². The highest BCUT2D eigenvalue weighted by molar-refractivity contribution is 5.65. The van der Waals surface area contributed by atoms with Gasteiger partial charge in [0.05, 0.1) is 17.5 Å². The highest BCUT2D eigenvalue weighted by atomic mass is 16.5. The molecule has 0 fully saturated rings. The van der Waals surface area contributed by atoms with Gasteiger partial charge in [0.25, 0.3) is 0 Å². The number of rotatable bonds is 4. The van der Waals surface area contributed by atoms with E-state index in [1.165, 1.54) is 0 Å². The van der Waals surface area contributed by atoms with Crippen molar-refractivity contribution < 1.29 is 4.74 Å². The molecule has 0 bridgehead atoms. The van der Waals surface area contributed by atoms with Crippen LogP contribution in [0.2, 0.25) is 0 Å². The first-order chi connectivity index (χ1) is 9.79. The summed E-state index contributed by atoms with van der Waals surface area (Å²) in [5.41, 5.74) is 6.37. The smallest absolute Gasteiger partial charge is 0.178 e. The molecular weight excluding hydrogens is 254 g/mol. The van der Waals surface area contributed by atoms with Gasteiger partial charge in [-0.25, -0.2) is 15.5 Å². The molecule has 0 aliphatic carbocycles. The Hall–Kier alpha value is -2.63. The number of anilines is 1. The van der Waals surface area contributed by atoms with Crippen LogP contribution in [0.25, 0.3) is 18.0 Å². The van der Waals surface area contributed by atoms with Crippen LogP contribution in [0.5, 0.6) is 5.75 Å². The molecule has 2 N–H and O–H groups in total. The largest absolute Gasteiger partial charge is 0.493 e. The maximum Gasteiger partial charge on any atom is 0.178 e. The average Bonchev–Trinajstić information content (AvgIpc) is 2.94. The molecule has 3 rings (SSSR count). The van der Waals surface area contributed by atoms with Crippen molar-refractivity contribution in [1.82, 2.24) is 15.5 Å². The molecule has 0 radical (unpaired) electrons. The Morgan fingerprint density at radius 1 is 1.25 bits per heavy atom. The Balaban J connectivity index is 2.08. The van der Waals surface area contributed by atoms with Gasteiger partial charge in [0, 0.05) is 0 Å². The van der Waals surface area contributed by atoms with Gasteiger partial charge in [-0.1, -0.05) is 25.6 Å². The maximum absolute atomic E-state index is 5.74. The van der Waals surface area contributed by atoms with Gasteiger partial charge in [-0.3, -0.25) is 5.43 Å². The molecule has 2 heterocycles. The molecular formula is C14H15N5O. The van der Waals surface area contributed by atoms with E-state index in [1.54, 1.807) is 0 Å². The number of benzene rings is 1. The lowest BCUT2D eigenvalue weighted by Crippen LogP contribution is -2.28. The summed E-state index contributed by atoms with van der Waals surface area (Å²) in [7, 11) is 0. The van der Waals surface area contributed by atoms with Crippen LogP contribution < -0.4 is 26.4 Å². The molecule has 1 aromatic carbocycles. The van der Waals surface area contributed by atoms with Crippen molar-refractivity contribution in [2.24, 2.45) is 5.10 Å². The van der Waals surface area contributed by atoms with Crippen LogP contribution in [0.15, 0.2) is 29.4 Å². The number of para-hydroxylation sites is 1. The molecule has 102 valence electrons. The van der Waals surface area contributed by atoms with E-state index in [2.05, 4.69) is 39.5 Å². The number of hydrogen-bond donors (Lipinski definition) is 2. The normalized spacial score (nSPS) is 12.1. The van der Waals surface area contributed by atoms with E-state index in [1.807, 2.05) is 24.3 Å². The van der Waals surface area contributed by atoms with Gasteiger partial charge < -0.3 is 4.74 Å². The van der Waals surface area contributed by atoms with Crippen molar-refractivity contribution in [2.75, 3.05) is 12.0 Å². The van der Waals surface area contributed by atoms with Gasteiger partial charge in [0.1, 0.15) is 5.75 Å². The highest BCUT2D eigenvalue weighted by Gasteiger charge is 2.13. The summed E-state index contributed by atoms with van der Waals surface area (Å²) in [6, 6.07) is 7.72. The van der Waals surface area contributed by atoms with Gasteiger partial charge in [-0.2, -0.15) is 5.10 Å². The molecule has 20 heavy (non-hydrogen) atoms. The maximum atomic E-state index is 5.74. The number of ether oxygens (including phenoxy) is 1.